The first-order valence-electron chi connectivity index (χ1n) is 16.5. The summed E-state index contributed by atoms with van der Waals surface area (Å²) in [7, 11) is 0. The molecular formula is C44H32N2O. The summed E-state index contributed by atoms with van der Waals surface area (Å²) in [6.07, 6.45) is 10.9. The lowest BCUT2D eigenvalue weighted by Gasteiger charge is -2.27. The summed E-state index contributed by atoms with van der Waals surface area (Å²) >= 11 is 0. The Hall–Kier alpha value is -5.80. The maximum Gasteiger partial charge on any atom is 0.142 e. The topological polar surface area (TPSA) is 42.4 Å². The lowest BCUT2D eigenvalue weighted by atomic mass is 9.80. The lowest BCUT2D eigenvalue weighted by molar-refractivity contribution is 0.592. The number of hydrogen-bond donors (Lipinski definition) is 1. The van der Waals surface area contributed by atoms with Crippen molar-refractivity contribution in [2.75, 3.05) is 10.6 Å². The Morgan fingerprint density at radius 2 is 1.43 bits per heavy atom. The predicted octanol–water partition coefficient (Wildman–Crippen LogP) is 11.5. The third-order valence-corrected chi connectivity index (χ3v) is 10.5. The predicted molar refractivity (Wildman–Crippen MR) is 196 cm³/mol. The Kier molecular flexibility index (Phi) is 5.68. The van der Waals surface area contributed by atoms with Crippen LogP contribution in [-0.4, -0.2) is 0 Å². The van der Waals surface area contributed by atoms with Gasteiger partial charge >= 0.3 is 0 Å². The number of nitrogen functional groups attached to an aromatic ring is 1. The second-order valence-corrected chi connectivity index (χ2v) is 13.0. The molecule has 3 nitrogen and oxygen atoms in total. The normalized spacial score (nSPS) is 18.3. The number of benzene rings is 6. The van der Waals surface area contributed by atoms with E-state index in [0.29, 0.717) is 0 Å². The first-order valence-corrected chi connectivity index (χ1v) is 16.5. The van der Waals surface area contributed by atoms with Crippen molar-refractivity contribution in [1.29, 1.82) is 0 Å². The Morgan fingerprint density at radius 3 is 2.30 bits per heavy atom. The monoisotopic (exact) mass is 604 g/mol. The molecule has 2 N–H and O–H groups in total. The molecule has 0 bridgehead atoms. The highest BCUT2D eigenvalue weighted by molar-refractivity contribution is 6.07. The van der Waals surface area contributed by atoms with Gasteiger partial charge in [0, 0.05) is 45.2 Å². The van der Waals surface area contributed by atoms with E-state index in [2.05, 4.69) is 151 Å². The van der Waals surface area contributed by atoms with E-state index in [1.807, 2.05) is 0 Å². The molecular weight excluding hydrogens is 572 g/mol. The fourth-order valence-electron chi connectivity index (χ4n) is 8.37. The van der Waals surface area contributed by atoms with E-state index in [1.165, 1.54) is 66.4 Å². The highest BCUT2D eigenvalue weighted by Crippen LogP contribution is 2.55. The Bertz CT molecular complexity index is 2500. The SMILES string of the molecule is Nc1ccc(C2=CC=C3C(C2)c2c(ccc4ccccc24)N3c2ccccc2)cc1C1CC=Cc2oc3c(ccc4ccccc43)c21. The number of nitrogens with zero attached hydrogens (tertiary/aromatic N) is 1. The van der Waals surface area contributed by atoms with Gasteiger partial charge in [0.2, 0.25) is 0 Å². The molecule has 3 heteroatoms. The number of nitrogens with two attached hydrogens (primary N) is 1. The van der Waals surface area contributed by atoms with Crippen molar-refractivity contribution >= 4 is 61.2 Å². The highest BCUT2D eigenvalue weighted by atomic mass is 16.3. The van der Waals surface area contributed by atoms with Gasteiger partial charge in [0.05, 0.1) is 5.69 Å². The number of fused-ring (bicyclic) bond motifs is 10. The van der Waals surface area contributed by atoms with Crippen molar-refractivity contribution in [2.24, 2.45) is 0 Å². The van der Waals surface area contributed by atoms with Crippen LogP contribution in [0.3, 0.4) is 0 Å². The molecule has 2 aliphatic carbocycles. The van der Waals surface area contributed by atoms with Gasteiger partial charge in [-0.05, 0) is 93.7 Å². The minimum absolute atomic E-state index is 0.123. The second-order valence-electron chi connectivity index (χ2n) is 13.0. The smallest absolute Gasteiger partial charge is 0.142 e. The van der Waals surface area contributed by atoms with Gasteiger partial charge in [-0.25, -0.2) is 0 Å². The van der Waals surface area contributed by atoms with E-state index in [0.717, 1.165) is 35.3 Å². The van der Waals surface area contributed by atoms with Crippen LogP contribution in [-0.2, 0) is 0 Å². The van der Waals surface area contributed by atoms with Gasteiger partial charge in [-0.2, -0.15) is 0 Å². The van der Waals surface area contributed by atoms with Crippen molar-refractivity contribution in [1.82, 2.24) is 0 Å². The standard InChI is InChI=1S/C44H32N2O/c45-38-22-18-29(25-36(38)34-15-8-16-41-43(34)35-21-17-28-10-5-7-14-33(28)44(35)47-41)30-20-23-39-37(26-30)42-32-13-6-4-9-27(32)19-24-40(42)46(39)31-11-2-1-3-12-31/h1-14,16-25,34,37H,15,26,45H2. The number of para-hydroxylation sites is 1. The van der Waals surface area contributed by atoms with Crippen LogP contribution in [0.25, 0.3) is 44.2 Å². The first-order chi connectivity index (χ1) is 23.2. The van der Waals surface area contributed by atoms with Gasteiger partial charge < -0.3 is 15.1 Å². The molecule has 2 heterocycles. The van der Waals surface area contributed by atoms with Crippen LogP contribution in [0.4, 0.5) is 17.1 Å². The molecule has 7 aromatic rings. The summed E-state index contributed by atoms with van der Waals surface area (Å²) in [5.74, 6) is 1.32. The van der Waals surface area contributed by atoms with Crippen LogP contribution in [0.1, 0.15) is 52.7 Å². The molecule has 10 rings (SSSR count). The quantitative estimate of drug-likeness (QED) is 0.204. The summed E-state index contributed by atoms with van der Waals surface area (Å²) in [5.41, 5.74) is 18.8. The number of anilines is 3. The highest BCUT2D eigenvalue weighted by Gasteiger charge is 2.38. The van der Waals surface area contributed by atoms with Crippen molar-refractivity contribution in [2.45, 2.75) is 24.7 Å². The second kappa shape index (κ2) is 10.1. The molecule has 0 saturated heterocycles. The van der Waals surface area contributed by atoms with Crippen LogP contribution >= 0.6 is 0 Å². The van der Waals surface area contributed by atoms with Crippen molar-refractivity contribution in [3.8, 4) is 0 Å². The van der Waals surface area contributed by atoms with Crippen LogP contribution < -0.4 is 10.6 Å². The average Bonchev–Trinajstić information content (AvgIpc) is 3.68. The van der Waals surface area contributed by atoms with E-state index in [4.69, 9.17) is 10.2 Å². The Balaban J connectivity index is 1.09. The maximum atomic E-state index is 6.81. The Morgan fingerprint density at radius 1 is 0.660 bits per heavy atom. The number of rotatable bonds is 3. The van der Waals surface area contributed by atoms with Crippen molar-refractivity contribution in [3.05, 3.63) is 173 Å². The van der Waals surface area contributed by atoms with Gasteiger partial charge in [-0.1, -0.05) is 103 Å². The molecule has 224 valence electrons. The molecule has 6 aromatic carbocycles. The number of allylic oxidation sites excluding steroid dienone is 5. The molecule has 1 aromatic heterocycles. The van der Waals surface area contributed by atoms with Crippen LogP contribution in [0.15, 0.2) is 150 Å². The molecule has 2 unspecified atom stereocenters. The summed E-state index contributed by atoms with van der Waals surface area (Å²) in [6.45, 7) is 0. The third-order valence-electron chi connectivity index (χ3n) is 10.5. The van der Waals surface area contributed by atoms with Gasteiger partial charge in [-0.15, -0.1) is 0 Å². The van der Waals surface area contributed by atoms with Crippen LogP contribution in [0.5, 0.6) is 0 Å². The largest absolute Gasteiger partial charge is 0.456 e. The molecule has 3 aliphatic rings. The zero-order valence-corrected chi connectivity index (χ0v) is 25.9. The van der Waals surface area contributed by atoms with Crippen molar-refractivity contribution in [3.63, 3.8) is 0 Å². The summed E-state index contributed by atoms with van der Waals surface area (Å²) in [4.78, 5) is 2.46. The fourth-order valence-corrected chi connectivity index (χ4v) is 8.37. The van der Waals surface area contributed by atoms with E-state index in [1.54, 1.807) is 0 Å². The molecule has 0 radical (unpaired) electrons. The zero-order chi connectivity index (χ0) is 31.1. The molecule has 0 saturated carbocycles. The van der Waals surface area contributed by atoms with Gasteiger partial charge in [0.1, 0.15) is 11.3 Å². The third kappa shape index (κ3) is 3.93. The van der Waals surface area contributed by atoms with Crippen LogP contribution in [0, 0.1) is 0 Å². The lowest BCUT2D eigenvalue weighted by Crippen LogP contribution is -2.15. The average molecular weight is 605 g/mol. The fraction of sp³-hybridized carbons (Fsp3) is 0.0909. The molecule has 0 fully saturated rings. The molecule has 2 atom stereocenters. The molecule has 47 heavy (non-hydrogen) atoms. The summed E-state index contributed by atoms with van der Waals surface area (Å²) < 4.78 is 6.55. The Labute approximate surface area is 273 Å². The van der Waals surface area contributed by atoms with Crippen molar-refractivity contribution < 1.29 is 4.42 Å². The van der Waals surface area contributed by atoms with E-state index in [9.17, 15) is 0 Å². The van der Waals surface area contributed by atoms with Crippen LogP contribution in [0.2, 0.25) is 0 Å². The zero-order valence-electron chi connectivity index (χ0n) is 25.9. The minimum Gasteiger partial charge on any atom is -0.456 e. The summed E-state index contributed by atoms with van der Waals surface area (Å²) in [6, 6.07) is 43.7. The number of hydrogen-bond acceptors (Lipinski definition) is 3. The maximum absolute atomic E-state index is 6.81. The van der Waals surface area contributed by atoms with Gasteiger partial charge in [-0.3, -0.25) is 0 Å². The minimum atomic E-state index is 0.123. The summed E-state index contributed by atoms with van der Waals surface area (Å²) in [5, 5.41) is 6.14. The first kappa shape index (κ1) is 26.4. The van der Waals surface area contributed by atoms with Gasteiger partial charge in [0.15, 0.2) is 0 Å². The molecule has 1 aliphatic heterocycles. The number of furan rings is 1. The van der Waals surface area contributed by atoms with E-state index < -0.39 is 0 Å². The van der Waals surface area contributed by atoms with E-state index in [-0.39, 0.29) is 11.8 Å². The molecule has 0 amide bonds. The van der Waals surface area contributed by atoms with Gasteiger partial charge in [0.25, 0.3) is 0 Å². The molecule has 0 spiro atoms. The van der Waals surface area contributed by atoms with E-state index >= 15 is 0 Å².